The fourth-order valence-electron chi connectivity index (χ4n) is 4.43. The predicted octanol–water partition coefficient (Wildman–Crippen LogP) is 3.82. The standard InChI is InChI=1S/C24H26N2O4S/c1-5-29-23(28)19-16(2)25(3)24(31-4)21(30-18-14-10-7-11-15-18)22(27)26(24)20(19)17-12-8-6-9-13-17/h6-15,20-21H,5H2,1-4H3/t20?,21-,24-/m1/s1. The molecule has 2 aliphatic rings. The van der Waals surface area contributed by atoms with Gasteiger partial charge in [0, 0.05) is 12.7 Å². The number of esters is 1. The second-order valence-corrected chi connectivity index (χ2v) is 8.48. The van der Waals surface area contributed by atoms with Gasteiger partial charge < -0.3 is 14.4 Å². The van der Waals surface area contributed by atoms with Gasteiger partial charge >= 0.3 is 5.97 Å². The van der Waals surface area contributed by atoms with Gasteiger partial charge in [-0.2, -0.15) is 0 Å². The molecule has 0 radical (unpaired) electrons. The van der Waals surface area contributed by atoms with E-state index in [9.17, 15) is 9.59 Å². The van der Waals surface area contributed by atoms with Crippen molar-refractivity contribution in [3.05, 3.63) is 77.5 Å². The van der Waals surface area contributed by atoms with Crippen molar-refractivity contribution in [2.75, 3.05) is 19.9 Å². The first-order chi connectivity index (χ1) is 15.0. The number of para-hydroxylation sites is 1. The topological polar surface area (TPSA) is 59.1 Å². The Morgan fingerprint density at radius 1 is 1.10 bits per heavy atom. The first-order valence-electron chi connectivity index (χ1n) is 10.2. The SMILES string of the molecule is CCOC(=O)C1=C(C)N(C)[C@]2(SC)[C@H](Oc3ccccc3)C(=O)N2C1c1ccccc1. The van der Waals surface area contributed by atoms with E-state index in [2.05, 4.69) is 0 Å². The van der Waals surface area contributed by atoms with Gasteiger partial charge in [0.2, 0.25) is 11.1 Å². The van der Waals surface area contributed by atoms with Crippen molar-refractivity contribution < 1.29 is 19.1 Å². The Morgan fingerprint density at radius 3 is 2.29 bits per heavy atom. The van der Waals surface area contributed by atoms with Gasteiger partial charge in [0.1, 0.15) is 5.75 Å². The van der Waals surface area contributed by atoms with Crippen molar-refractivity contribution in [1.29, 1.82) is 0 Å². The lowest BCUT2D eigenvalue weighted by molar-refractivity contribution is -0.193. The largest absolute Gasteiger partial charge is 0.475 e. The molecule has 0 saturated carbocycles. The van der Waals surface area contributed by atoms with Gasteiger partial charge in [-0.25, -0.2) is 4.79 Å². The zero-order chi connectivity index (χ0) is 22.2. The lowest BCUT2D eigenvalue weighted by Gasteiger charge is -2.64. The second kappa shape index (κ2) is 8.30. The number of fused-ring (bicyclic) bond motifs is 1. The number of benzene rings is 2. The molecule has 2 heterocycles. The van der Waals surface area contributed by atoms with Crippen LogP contribution >= 0.6 is 11.8 Å². The minimum Gasteiger partial charge on any atom is -0.475 e. The van der Waals surface area contributed by atoms with E-state index in [1.165, 1.54) is 11.8 Å². The number of amides is 1. The van der Waals surface area contributed by atoms with E-state index < -0.39 is 23.1 Å². The third-order valence-corrected chi connectivity index (χ3v) is 7.25. The number of thioether (sulfide) groups is 1. The van der Waals surface area contributed by atoms with E-state index in [4.69, 9.17) is 9.47 Å². The average Bonchev–Trinajstić information content (AvgIpc) is 2.80. The van der Waals surface area contributed by atoms with Gasteiger partial charge in [-0.1, -0.05) is 48.5 Å². The Labute approximate surface area is 186 Å². The van der Waals surface area contributed by atoms with Crippen molar-refractivity contribution in [2.24, 2.45) is 0 Å². The lowest BCUT2D eigenvalue weighted by atomic mass is 9.85. The molecule has 0 N–H and O–H groups in total. The normalized spacial score (nSPS) is 25.1. The molecule has 162 valence electrons. The molecule has 0 bridgehead atoms. The molecular formula is C24H26N2O4S. The van der Waals surface area contributed by atoms with Crippen molar-refractivity contribution >= 4 is 23.6 Å². The zero-order valence-electron chi connectivity index (χ0n) is 18.1. The summed E-state index contributed by atoms with van der Waals surface area (Å²) in [6.45, 7) is 3.95. The Kier molecular flexibility index (Phi) is 5.71. The number of hydrogen-bond acceptors (Lipinski definition) is 6. The molecule has 6 nitrogen and oxygen atoms in total. The maximum atomic E-state index is 13.5. The van der Waals surface area contributed by atoms with E-state index in [0.29, 0.717) is 11.3 Å². The van der Waals surface area contributed by atoms with Crippen molar-refractivity contribution in [2.45, 2.75) is 31.0 Å². The van der Waals surface area contributed by atoms with Crippen molar-refractivity contribution in [3.63, 3.8) is 0 Å². The summed E-state index contributed by atoms with van der Waals surface area (Å²) in [6.07, 6.45) is 1.25. The summed E-state index contributed by atoms with van der Waals surface area (Å²) in [7, 11) is 1.90. The molecule has 0 aliphatic carbocycles. The molecule has 1 unspecified atom stereocenters. The smallest absolute Gasteiger partial charge is 0.338 e. The van der Waals surface area contributed by atoms with Gasteiger partial charge in [-0.05, 0) is 37.8 Å². The highest BCUT2D eigenvalue weighted by Crippen LogP contribution is 2.56. The average molecular weight is 439 g/mol. The van der Waals surface area contributed by atoms with Crippen LogP contribution in [0.2, 0.25) is 0 Å². The van der Waals surface area contributed by atoms with Crippen LogP contribution in [0.3, 0.4) is 0 Å². The van der Waals surface area contributed by atoms with Crippen LogP contribution in [-0.4, -0.2) is 52.7 Å². The molecule has 4 rings (SSSR count). The molecule has 2 aromatic rings. The molecule has 1 saturated heterocycles. The van der Waals surface area contributed by atoms with Crippen LogP contribution in [0, 0.1) is 0 Å². The fraction of sp³-hybridized carbons (Fsp3) is 0.333. The van der Waals surface area contributed by atoms with Crippen LogP contribution in [0.1, 0.15) is 25.5 Å². The van der Waals surface area contributed by atoms with E-state index in [1.54, 1.807) is 11.8 Å². The minimum atomic E-state index is -0.784. The zero-order valence-corrected chi connectivity index (χ0v) is 18.9. The molecule has 2 aliphatic heterocycles. The fourth-order valence-corrected chi connectivity index (χ4v) is 5.59. The highest BCUT2D eigenvalue weighted by atomic mass is 32.2. The summed E-state index contributed by atoms with van der Waals surface area (Å²) in [5, 5.41) is 0. The number of likely N-dealkylation sites (N-methyl/N-ethyl adjacent to an activating group) is 1. The van der Waals surface area contributed by atoms with Gasteiger partial charge in [0.05, 0.1) is 18.2 Å². The van der Waals surface area contributed by atoms with Crippen LogP contribution in [0.5, 0.6) is 5.75 Å². The Hall–Kier alpha value is -2.93. The van der Waals surface area contributed by atoms with Crippen LogP contribution in [-0.2, 0) is 14.3 Å². The third-order valence-electron chi connectivity index (χ3n) is 5.96. The number of hydrogen-bond donors (Lipinski definition) is 0. The first-order valence-corrected chi connectivity index (χ1v) is 11.5. The van der Waals surface area contributed by atoms with Crippen LogP contribution in [0.15, 0.2) is 71.9 Å². The molecular weight excluding hydrogens is 412 g/mol. The third kappa shape index (κ3) is 3.19. The molecule has 2 aromatic carbocycles. The number of rotatable bonds is 6. The highest BCUT2D eigenvalue weighted by Gasteiger charge is 2.70. The maximum absolute atomic E-state index is 13.5. The van der Waals surface area contributed by atoms with E-state index in [0.717, 1.165) is 11.3 Å². The number of β-lactam (4-membered cyclic amide) rings is 1. The molecule has 31 heavy (non-hydrogen) atoms. The second-order valence-electron chi connectivity index (χ2n) is 7.47. The van der Waals surface area contributed by atoms with Gasteiger partial charge in [0.25, 0.3) is 5.91 Å². The number of allylic oxidation sites excluding steroid dienone is 1. The number of carbonyl (C=O) groups is 2. The predicted molar refractivity (Wildman–Crippen MR) is 120 cm³/mol. The number of nitrogens with zero attached hydrogens (tertiary/aromatic N) is 2. The van der Waals surface area contributed by atoms with Crippen LogP contribution in [0.25, 0.3) is 0 Å². The van der Waals surface area contributed by atoms with E-state index in [1.807, 2.05) is 85.8 Å². The first kappa shape index (κ1) is 21.3. The quantitative estimate of drug-likeness (QED) is 0.505. The monoisotopic (exact) mass is 438 g/mol. The lowest BCUT2D eigenvalue weighted by Crippen LogP contribution is -2.82. The van der Waals surface area contributed by atoms with Crippen LogP contribution in [0.4, 0.5) is 0 Å². The molecule has 0 aromatic heterocycles. The van der Waals surface area contributed by atoms with Gasteiger partial charge in [-0.3, -0.25) is 9.69 Å². The number of ether oxygens (including phenoxy) is 2. The maximum Gasteiger partial charge on any atom is 0.338 e. The molecule has 7 heteroatoms. The van der Waals surface area contributed by atoms with Gasteiger partial charge in [0.15, 0.2) is 0 Å². The molecule has 3 atom stereocenters. The van der Waals surface area contributed by atoms with Gasteiger partial charge in [-0.15, -0.1) is 11.8 Å². The summed E-state index contributed by atoms with van der Waals surface area (Å²) in [6, 6.07) is 18.4. The molecule has 0 spiro atoms. The van der Waals surface area contributed by atoms with Crippen molar-refractivity contribution in [1.82, 2.24) is 9.80 Å². The van der Waals surface area contributed by atoms with E-state index in [-0.39, 0.29) is 12.5 Å². The molecule has 1 amide bonds. The summed E-state index contributed by atoms with van der Waals surface area (Å²) < 4.78 is 11.6. The Balaban J connectivity index is 1.85. The number of carbonyl (C=O) groups excluding carboxylic acids is 2. The Morgan fingerprint density at radius 2 is 1.71 bits per heavy atom. The highest BCUT2D eigenvalue weighted by molar-refractivity contribution is 8.00. The van der Waals surface area contributed by atoms with Crippen LogP contribution < -0.4 is 4.74 Å². The summed E-state index contributed by atoms with van der Waals surface area (Å²) >= 11 is 1.53. The van der Waals surface area contributed by atoms with E-state index >= 15 is 0 Å². The summed E-state index contributed by atoms with van der Waals surface area (Å²) in [5.74, 6) is 0.0697. The summed E-state index contributed by atoms with van der Waals surface area (Å²) in [5.41, 5.74) is 2.11. The Bertz CT molecular complexity index is 1010. The summed E-state index contributed by atoms with van der Waals surface area (Å²) in [4.78, 5) is 29.5. The minimum absolute atomic E-state index is 0.159. The molecule has 1 fully saturated rings. The van der Waals surface area contributed by atoms with Crippen molar-refractivity contribution in [3.8, 4) is 5.75 Å².